The van der Waals surface area contributed by atoms with Crippen LogP contribution in [0.4, 0.5) is 21.0 Å². The topological polar surface area (TPSA) is 133 Å². The second kappa shape index (κ2) is 26.7. The number of nitrogens with zero attached hydrogens (tertiary/aromatic N) is 2. The zero-order chi connectivity index (χ0) is 46.6. The fraction of sp³-hybridized carbons (Fsp3) is 0.434. The predicted molar refractivity (Wildman–Crippen MR) is 268 cm³/mol. The smallest absolute Gasteiger partial charge is 0.286 e. The Balaban J connectivity index is 0.000000244. The molecule has 0 saturated carbocycles. The van der Waals surface area contributed by atoms with Gasteiger partial charge in [-0.3, -0.25) is 39.4 Å². The van der Waals surface area contributed by atoms with Gasteiger partial charge in [-0.2, -0.15) is 0 Å². The van der Waals surface area contributed by atoms with Crippen molar-refractivity contribution in [1.29, 1.82) is 0 Å². The summed E-state index contributed by atoms with van der Waals surface area (Å²) in [6.45, 7) is 4.43. The van der Waals surface area contributed by atoms with Crippen molar-refractivity contribution in [3.8, 4) is 22.3 Å². The number of nitrogens with one attached hydrogen (secondary N) is 2. The third-order valence-electron chi connectivity index (χ3n) is 11.9. The summed E-state index contributed by atoms with van der Waals surface area (Å²) in [5.74, 6) is -0.135. The van der Waals surface area contributed by atoms with Crippen LogP contribution in [-0.4, -0.2) is 58.7 Å². The van der Waals surface area contributed by atoms with E-state index in [9.17, 15) is 28.8 Å². The van der Waals surface area contributed by atoms with Gasteiger partial charge >= 0.3 is 0 Å². The van der Waals surface area contributed by atoms with Gasteiger partial charge in [-0.25, -0.2) is 0 Å². The highest BCUT2D eigenvalue weighted by molar-refractivity contribution is 8.15. The van der Waals surface area contributed by atoms with Crippen LogP contribution in [0.5, 0.6) is 0 Å². The molecule has 10 nitrogen and oxygen atoms in total. The van der Waals surface area contributed by atoms with Crippen LogP contribution in [0, 0.1) is 0 Å². The molecule has 2 aliphatic rings. The number of hydrogen-bond acceptors (Lipinski definition) is 8. The minimum Gasteiger partial charge on any atom is -0.315 e. The van der Waals surface area contributed by atoms with Crippen LogP contribution in [0.25, 0.3) is 22.3 Å². The lowest BCUT2D eigenvalue weighted by Crippen LogP contribution is -2.25. The van der Waals surface area contributed by atoms with E-state index in [-0.39, 0.29) is 44.6 Å². The molecule has 12 heteroatoms. The van der Waals surface area contributed by atoms with Crippen LogP contribution < -0.4 is 20.4 Å². The molecular weight excluding hydrogens is 853 g/mol. The molecule has 6 rings (SSSR count). The molecule has 2 atom stereocenters. The first kappa shape index (κ1) is 50.8. The SMILES string of the molecule is CCCCCCCCC(=O)N(C)c1cccc(-c2ccc(CC3SC(=O)NC3=O)cc2)c1.CCCCCCCCCC(=O)N(C)c1cccc(-c2ccc(CC3SC(=O)NC3=O)cc2)c1. The first-order chi connectivity index (χ1) is 31.4. The fourth-order valence-electron chi connectivity index (χ4n) is 7.85. The van der Waals surface area contributed by atoms with Crippen molar-refractivity contribution in [1.82, 2.24) is 10.6 Å². The van der Waals surface area contributed by atoms with Crippen molar-refractivity contribution in [3.05, 3.63) is 108 Å². The Kier molecular flexibility index (Phi) is 20.9. The molecule has 6 amide bonds. The lowest BCUT2D eigenvalue weighted by Gasteiger charge is -2.18. The molecule has 2 heterocycles. The molecule has 346 valence electrons. The number of imide groups is 2. The van der Waals surface area contributed by atoms with E-state index in [1.165, 1.54) is 57.8 Å². The molecule has 0 aromatic heterocycles. The summed E-state index contributed by atoms with van der Waals surface area (Å²) in [7, 11) is 3.69. The Hall–Kier alpha value is -5.20. The highest BCUT2D eigenvalue weighted by Crippen LogP contribution is 2.30. The molecular formula is C53H66N4O6S2. The van der Waals surface area contributed by atoms with Gasteiger partial charge in [-0.15, -0.1) is 0 Å². The largest absolute Gasteiger partial charge is 0.315 e. The average molecular weight is 919 g/mol. The summed E-state index contributed by atoms with van der Waals surface area (Å²) in [5, 5.41) is 3.39. The average Bonchev–Trinajstić information content (AvgIpc) is 3.82. The number of carbonyl (C=O) groups excluding carboxylic acids is 6. The van der Waals surface area contributed by atoms with Gasteiger partial charge in [0.15, 0.2) is 0 Å². The van der Waals surface area contributed by atoms with Crippen molar-refractivity contribution in [3.63, 3.8) is 0 Å². The monoisotopic (exact) mass is 918 g/mol. The van der Waals surface area contributed by atoms with E-state index in [2.05, 4.69) is 24.5 Å². The van der Waals surface area contributed by atoms with Gasteiger partial charge in [0.05, 0.1) is 10.5 Å². The van der Waals surface area contributed by atoms with E-state index in [1.54, 1.807) is 9.80 Å². The number of benzene rings is 4. The number of anilines is 2. The van der Waals surface area contributed by atoms with Gasteiger partial charge in [0.1, 0.15) is 0 Å². The van der Waals surface area contributed by atoms with E-state index in [0.29, 0.717) is 25.7 Å². The molecule has 0 spiro atoms. The van der Waals surface area contributed by atoms with Gasteiger partial charge in [0.25, 0.3) is 10.5 Å². The number of amides is 6. The lowest BCUT2D eigenvalue weighted by molar-refractivity contribution is -0.119. The quantitative estimate of drug-likeness (QED) is 0.0703. The maximum atomic E-state index is 12.7. The van der Waals surface area contributed by atoms with Gasteiger partial charge in [0, 0.05) is 38.3 Å². The first-order valence-electron chi connectivity index (χ1n) is 23.4. The Bertz CT molecular complexity index is 2210. The zero-order valence-corrected chi connectivity index (χ0v) is 40.2. The Labute approximate surface area is 394 Å². The van der Waals surface area contributed by atoms with E-state index in [4.69, 9.17) is 0 Å². The van der Waals surface area contributed by atoms with Crippen LogP contribution >= 0.6 is 23.5 Å². The minimum absolute atomic E-state index is 0.148. The van der Waals surface area contributed by atoms with Crippen molar-refractivity contribution in [2.75, 3.05) is 23.9 Å². The fourth-order valence-corrected chi connectivity index (χ4v) is 9.57. The molecule has 0 aliphatic carbocycles. The second-order valence-electron chi connectivity index (χ2n) is 17.0. The predicted octanol–water partition coefficient (Wildman–Crippen LogP) is 12.3. The Morgan fingerprint density at radius 2 is 0.831 bits per heavy atom. The third kappa shape index (κ3) is 16.3. The van der Waals surface area contributed by atoms with Gasteiger partial charge < -0.3 is 9.80 Å². The number of rotatable bonds is 23. The number of unbranched alkanes of at least 4 members (excludes halogenated alkanes) is 11. The number of thioether (sulfide) groups is 2. The van der Waals surface area contributed by atoms with E-state index >= 15 is 0 Å². The molecule has 0 bridgehead atoms. The minimum atomic E-state index is -0.359. The third-order valence-corrected chi connectivity index (χ3v) is 13.9. The van der Waals surface area contributed by atoms with E-state index in [0.717, 1.165) is 94.0 Å². The molecule has 2 N–H and O–H groups in total. The standard InChI is InChI=1S/C27H34N2O3S.C26H32N2O3S/c1-3-4-5-6-7-8-9-13-25(30)29(2)23-12-10-11-22(19-23)21-16-14-20(15-17-21)18-24-26(31)28-27(32)33-24;1-3-4-5-6-7-8-12-24(29)28(2)22-11-9-10-21(18-22)20-15-13-19(14-16-20)17-23-25(30)27-26(31)32-23/h10-12,14-17,19,24H,3-9,13,18H2,1-2H3,(H,28,31,32);9-11,13-16,18,23H,3-8,12,17H2,1-2H3,(H,27,30,31). The van der Waals surface area contributed by atoms with Gasteiger partial charge in [0.2, 0.25) is 23.6 Å². The molecule has 65 heavy (non-hydrogen) atoms. The van der Waals surface area contributed by atoms with E-state index in [1.807, 2.05) is 111 Å². The lowest BCUT2D eigenvalue weighted by atomic mass is 10.0. The highest BCUT2D eigenvalue weighted by Gasteiger charge is 2.32. The highest BCUT2D eigenvalue weighted by atomic mass is 32.2. The summed E-state index contributed by atoms with van der Waals surface area (Å²) in [6, 6.07) is 32.1. The summed E-state index contributed by atoms with van der Waals surface area (Å²) in [6.07, 6.45) is 17.6. The molecule has 2 fully saturated rings. The molecule has 2 saturated heterocycles. The van der Waals surface area contributed by atoms with E-state index < -0.39 is 0 Å². The van der Waals surface area contributed by atoms with Crippen molar-refractivity contribution in [2.24, 2.45) is 0 Å². The van der Waals surface area contributed by atoms with Crippen molar-refractivity contribution in [2.45, 2.75) is 134 Å². The van der Waals surface area contributed by atoms with Gasteiger partial charge in [-0.1, -0.05) is 181 Å². The maximum Gasteiger partial charge on any atom is 0.286 e. The molecule has 4 aromatic rings. The van der Waals surface area contributed by atoms with Crippen molar-refractivity contribution >= 4 is 69.0 Å². The summed E-state index contributed by atoms with van der Waals surface area (Å²) in [4.78, 5) is 75.0. The molecule has 2 unspecified atom stereocenters. The van der Waals surface area contributed by atoms with Crippen molar-refractivity contribution < 1.29 is 28.8 Å². The summed E-state index contributed by atoms with van der Waals surface area (Å²) < 4.78 is 0. The van der Waals surface area contributed by atoms with Gasteiger partial charge in [-0.05, 0) is 83.3 Å². The Morgan fingerprint density at radius 3 is 1.17 bits per heavy atom. The summed E-state index contributed by atoms with van der Waals surface area (Å²) >= 11 is 2.10. The van der Waals surface area contributed by atoms with Crippen LogP contribution in [0.3, 0.4) is 0 Å². The number of carbonyl (C=O) groups is 6. The molecule has 4 aromatic carbocycles. The van der Waals surface area contributed by atoms with Crippen LogP contribution in [0.15, 0.2) is 97.1 Å². The zero-order valence-electron chi connectivity index (χ0n) is 38.6. The van der Waals surface area contributed by atoms with Crippen LogP contribution in [0.1, 0.15) is 121 Å². The number of hydrogen-bond donors (Lipinski definition) is 2. The van der Waals surface area contributed by atoms with Crippen LogP contribution in [-0.2, 0) is 32.0 Å². The Morgan fingerprint density at radius 1 is 0.477 bits per heavy atom. The summed E-state index contributed by atoms with van der Waals surface area (Å²) in [5.41, 5.74) is 7.98. The maximum absolute atomic E-state index is 12.7. The second-order valence-corrected chi connectivity index (χ2v) is 19.3. The molecule has 2 aliphatic heterocycles. The molecule has 0 radical (unpaired) electrons. The normalized spacial score (nSPS) is 15.6. The van der Waals surface area contributed by atoms with Crippen LogP contribution in [0.2, 0.25) is 0 Å². The first-order valence-corrected chi connectivity index (χ1v) is 25.2.